The molecular formula is C15H24NO5P. The van der Waals surface area contributed by atoms with Gasteiger partial charge in [-0.25, -0.2) is 4.79 Å². The summed E-state index contributed by atoms with van der Waals surface area (Å²) in [7, 11) is -3.61. The van der Waals surface area contributed by atoms with Gasteiger partial charge in [0.1, 0.15) is 6.61 Å². The van der Waals surface area contributed by atoms with Gasteiger partial charge in [-0.2, -0.15) is 0 Å². The highest BCUT2D eigenvalue weighted by atomic mass is 31.2. The van der Waals surface area contributed by atoms with E-state index in [4.69, 9.17) is 13.8 Å². The van der Waals surface area contributed by atoms with Crippen LogP contribution in [0.15, 0.2) is 30.3 Å². The summed E-state index contributed by atoms with van der Waals surface area (Å²) in [5, 5.41) is 2.84. The number of carbonyl (C=O) groups is 1. The third-order valence-corrected chi connectivity index (χ3v) is 5.04. The molecule has 0 aliphatic rings. The summed E-state index contributed by atoms with van der Waals surface area (Å²) in [5.74, 6) is -1.77. The van der Waals surface area contributed by atoms with E-state index in [-0.39, 0.29) is 19.8 Å². The molecule has 6 nitrogen and oxygen atoms in total. The minimum absolute atomic E-state index is 0.111. The van der Waals surface area contributed by atoms with Gasteiger partial charge in [-0.05, 0) is 26.0 Å². The number of esters is 1. The number of likely N-dealkylation sites (N-methyl/N-ethyl adjacent to an activating group) is 1. The quantitative estimate of drug-likeness (QED) is 0.525. The Bertz CT molecular complexity index is 484. The van der Waals surface area contributed by atoms with Crippen molar-refractivity contribution < 1.29 is 23.1 Å². The van der Waals surface area contributed by atoms with E-state index in [1.807, 2.05) is 30.3 Å². The van der Waals surface area contributed by atoms with E-state index in [1.165, 1.54) is 0 Å². The molecule has 0 amide bonds. The first-order chi connectivity index (χ1) is 10.6. The minimum Gasteiger partial charge on any atom is -0.459 e. The maximum atomic E-state index is 12.7. The minimum atomic E-state index is -3.61. The maximum Gasteiger partial charge on any atom is 0.358 e. The highest BCUT2D eigenvalue weighted by Gasteiger charge is 2.41. The first-order valence-electron chi connectivity index (χ1n) is 7.40. The van der Waals surface area contributed by atoms with Crippen LogP contribution >= 0.6 is 7.60 Å². The Morgan fingerprint density at radius 1 is 1.14 bits per heavy atom. The van der Waals surface area contributed by atoms with Crippen LogP contribution in [-0.2, 0) is 29.8 Å². The lowest BCUT2D eigenvalue weighted by atomic mass is 10.2. The van der Waals surface area contributed by atoms with Crippen LogP contribution in [-0.4, -0.2) is 31.5 Å². The van der Waals surface area contributed by atoms with E-state index in [2.05, 4.69) is 5.32 Å². The Morgan fingerprint density at radius 2 is 1.73 bits per heavy atom. The number of carbonyl (C=O) groups excluding carboxylic acids is 1. The zero-order valence-corrected chi connectivity index (χ0v) is 14.2. The molecular weight excluding hydrogens is 305 g/mol. The van der Waals surface area contributed by atoms with Gasteiger partial charge in [-0.15, -0.1) is 0 Å². The smallest absolute Gasteiger partial charge is 0.358 e. The Balaban J connectivity index is 2.79. The predicted molar refractivity (Wildman–Crippen MR) is 84.6 cm³/mol. The molecule has 0 aliphatic heterocycles. The summed E-state index contributed by atoms with van der Waals surface area (Å²) in [5.41, 5.74) is 0.855. The number of hydrogen-bond acceptors (Lipinski definition) is 6. The number of benzene rings is 1. The van der Waals surface area contributed by atoms with E-state index in [0.717, 1.165) is 5.56 Å². The summed E-state index contributed by atoms with van der Waals surface area (Å²) >= 11 is 0. The van der Waals surface area contributed by atoms with Crippen LogP contribution in [0.3, 0.4) is 0 Å². The molecule has 1 aromatic rings. The molecule has 1 N–H and O–H groups in total. The molecule has 0 saturated carbocycles. The first kappa shape index (κ1) is 18.8. The molecule has 0 aliphatic carbocycles. The SMILES string of the molecule is CCNC(C(=O)OCc1ccccc1)P(=O)(OCC)OCC. The first-order valence-corrected chi connectivity index (χ1v) is 9.01. The summed E-state index contributed by atoms with van der Waals surface area (Å²) in [6.07, 6.45) is 0. The van der Waals surface area contributed by atoms with Crippen LogP contribution in [0.25, 0.3) is 0 Å². The third kappa shape index (κ3) is 5.54. The van der Waals surface area contributed by atoms with Crippen molar-refractivity contribution in [3.63, 3.8) is 0 Å². The fraction of sp³-hybridized carbons (Fsp3) is 0.533. The van der Waals surface area contributed by atoms with Gasteiger partial charge in [0.15, 0.2) is 0 Å². The Kier molecular flexibility index (Phi) is 8.35. The van der Waals surface area contributed by atoms with Crippen molar-refractivity contribution in [2.75, 3.05) is 19.8 Å². The zero-order chi connectivity index (χ0) is 16.4. The second-order valence-corrected chi connectivity index (χ2v) is 6.54. The molecule has 124 valence electrons. The molecule has 0 heterocycles. The van der Waals surface area contributed by atoms with Crippen LogP contribution in [0, 0.1) is 0 Å². The molecule has 0 aromatic heterocycles. The molecule has 22 heavy (non-hydrogen) atoms. The van der Waals surface area contributed by atoms with Gasteiger partial charge in [0.2, 0.25) is 5.78 Å². The standard InChI is InChI=1S/C15H24NO5P/c1-4-16-14(22(18,20-5-2)21-6-3)15(17)19-12-13-10-8-7-9-11-13/h7-11,14,16H,4-6,12H2,1-3H3. The van der Waals surface area contributed by atoms with E-state index >= 15 is 0 Å². The Morgan fingerprint density at radius 3 is 2.23 bits per heavy atom. The van der Waals surface area contributed by atoms with Gasteiger partial charge in [-0.3, -0.25) is 9.88 Å². The summed E-state index contributed by atoms with van der Waals surface area (Å²) < 4.78 is 28.5. The van der Waals surface area contributed by atoms with Gasteiger partial charge in [-0.1, -0.05) is 37.3 Å². The van der Waals surface area contributed by atoms with E-state index < -0.39 is 19.3 Å². The number of nitrogens with one attached hydrogen (secondary N) is 1. The van der Waals surface area contributed by atoms with E-state index in [9.17, 15) is 9.36 Å². The second kappa shape index (κ2) is 9.74. The van der Waals surface area contributed by atoms with Gasteiger partial charge < -0.3 is 13.8 Å². The van der Waals surface area contributed by atoms with Crippen LogP contribution in [0.4, 0.5) is 0 Å². The molecule has 0 fully saturated rings. The van der Waals surface area contributed by atoms with Crippen LogP contribution in [0.5, 0.6) is 0 Å². The largest absolute Gasteiger partial charge is 0.459 e. The monoisotopic (exact) mass is 329 g/mol. The molecule has 1 atom stereocenters. The van der Waals surface area contributed by atoms with Crippen molar-refractivity contribution in [2.24, 2.45) is 0 Å². The average molecular weight is 329 g/mol. The fourth-order valence-corrected chi connectivity index (χ4v) is 3.70. The number of rotatable bonds is 10. The van der Waals surface area contributed by atoms with Crippen LogP contribution in [0.2, 0.25) is 0 Å². The van der Waals surface area contributed by atoms with Crippen LogP contribution in [0.1, 0.15) is 26.3 Å². The van der Waals surface area contributed by atoms with E-state index in [1.54, 1.807) is 20.8 Å². The van der Waals surface area contributed by atoms with Gasteiger partial charge in [0.25, 0.3) is 0 Å². The fourth-order valence-electron chi connectivity index (χ4n) is 1.87. The van der Waals surface area contributed by atoms with Crippen molar-refractivity contribution in [1.29, 1.82) is 0 Å². The van der Waals surface area contributed by atoms with Gasteiger partial charge in [0.05, 0.1) is 13.2 Å². The van der Waals surface area contributed by atoms with Crippen molar-refractivity contribution >= 4 is 13.6 Å². The van der Waals surface area contributed by atoms with Crippen molar-refractivity contribution in [2.45, 2.75) is 33.2 Å². The number of hydrogen-bond donors (Lipinski definition) is 1. The lowest BCUT2D eigenvalue weighted by Crippen LogP contribution is -2.39. The Hall–Kier alpha value is -1.20. The third-order valence-electron chi connectivity index (χ3n) is 2.78. The zero-order valence-electron chi connectivity index (χ0n) is 13.3. The van der Waals surface area contributed by atoms with Crippen molar-refractivity contribution in [3.8, 4) is 0 Å². The molecule has 1 rings (SSSR count). The van der Waals surface area contributed by atoms with Crippen molar-refractivity contribution in [3.05, 3.63) is 35.9 Å². The molecule has 0 bridgehead atoms. The lowest BCUT2D eigenvalue weighted by molar-refractivity contribution is -0.145. The molecule has 1 unspecified atom stereocenters. The Labute approximate surface area is 131 Å². The maximum absolute atomic E-state index is 12.7. The second-order valence-electron chi connectivity index (χ2n) is 4.43. The predicted octanol–water partition coefficient (Wildman–Crippen LogP) is 2.93. The average Bonchev–Trinajstić information content (AvgIpc) is 2.51. The molecule has 0 radical (unpaired) electrons. The van der Waals surface area contributed by atoms with Gasteiger partial charge in [0, 0.05) is 0 Å². The van der Waals surface area contributed by atoms with Crippen LogP contribution < -0.4 is 5.32 Å². The molecule has 1 aromatic carbocycles. The molecule has 0 saturated heterocycles. The van der Waals surface area contributed by atoms with Gasteiger partial charge >= 0.3 is 13.6 Å². The van der Waals surface area contributed by atoms with E-state index in [0.29, 0.717) is 6.54 Å². The topological polar surface area (TPSA) is 73.9 Å². The number of ether oxygens (including phenoxy) is 1. The molecule has 0 spiro atoms. The normalized spacial score (nSPS) is 12.9. The lowest BCUT2D eigenvalue weighted by Gasteiger charge is -2.25. The highest BCUT2D eigenvalue weighted by Crippen LogP contribution is 2.52. The van der Waals surface area contributed by atoms with Crippen molar-refractivity contribution in [1.82, 2.24) is 5.32 Å². The summed E-state index contributed by atoms with van der Waals surface area (Å²) in [6, 6.07) is 9.29. The highest BCUT2D eigenvalue weighted by molar-refractivity contribution is 7.55. The molecule has 7 heteroatoms. The summed E-state index contributed by atoms with van der Waals surface area (Å²) in [4.78, 5) is 12.3. The summed E-state index contributed by atoms with van der Waals surface area (Å²) in [6.45, 7) is 6.12.